The molecule has 8 rings (SSSR count). The molecule has 5 aromatic rings. The third-order valence-electron chi connectivity index (χ3n) is 12.6. The van der Waals surface area contributed by atoms with Crippen LogP contribution in [0.2, 0.25) is 0 Å². The highest BCUT2D eigenvalue weighted by Gasteiger charge is 2.55. The Bertz CT molecular complexity index is 2200. The molecule has 69 heavy (non-hydrogen) atoms. The van der Waals surface area contributed by atoms with E-state index in [0.29, 0.717) is 6.61 Å². The van der Waals surface area contributed by atoms with Gasteiger partial charge in [0.1, 0.15) is 61.0 Å². The summed E-state index contributed by atoms with van der Waals surface area (Å²) in [6, 6.07) is 47.8. The first-order valence-corrected chi connectivity index (χ1v) is 23.6. The normalized spacial score (nSPS) is 31.6. The maximum absolute atomic E-state index is 11.0. The summed E-state index contributed by atoms with van der Waals surface area (Å²) in [6.07, 6.45) is -14.9. The largest absolute Gasteiger partial charge is 0.394 e. The standard InChI is InChI=1S/C54H65NO14/c1-35-46(61-30-37-20-10-4-11-21-37)49(51(53(59-2)65-35)69-52-43(55)45(58)44(57)41(28-56)66-52)68-54-50(64-33-40-26-16-7-17-27-40)48(63-32-39-24-14-6-15-25-39)47(62-31-38-22-12-5-13-23-38)42(67-54)34-60-29-36-18-8-3-9-19-36/h3-27,35,41-54,56-58H,28-34,55H2,1-2H3/t35-,41+,42+,43+,44+,45+,46-,47+,48-,49+,50+,51+,52-,53+,54+/m0/s1. The lowest BCUT2D eigenvalue weighted by molar-refractivity contribution is -0.389. The van der Waals surface area contributed by atoms with Crippen LogP contribution in [0, 0.1) is 0 Å². The number of ether oxygens (including phenoxy) is 11. The Morgan fingerprint density at radius 1 is 0.449 bits per heavy atom. The quantitative estimate of drug-likeness (QED) is 0.0709. The average molecular weight is 952 g/mol. The van der Waals surface area contributed by atoms with Crippen LogP contribution >= 0.6 is 0 Å². The molecule has 3 aliphatic rings. The van der Waals surface area contributed by atoms with E-state index in [9.17, 15) is 15.3 Å². The van der Waals surface area contributed by atoms with E-state index in [4.69, 9.17) is 57.8 Å². The topological polar surface area (TPSA) is 188 Å². The van der Waals surface area contributed by atoms with E-state index in [1.165, 1.54) is 7.11 Å². The van der Waals surface area contributed by atoms with Crippen molar-refractivity contribution in [2.75, 3.05) is 20.3 Å². The van der Waals surface area contributed by atoms with Crippen molar-refractivity contribution in [1.82, 2.24) is 0 Å². The molecule has 15 nitrogen and oxygen atoms in total. The molecule has 15 atom stereocenters. The van der Waals surface area contributed by atoms with E-state index in [-0.39, 0.29) is 33.0 Å². The molecule has 370 valence electrons. The highest BCUT2D eigenvalue weighted by atomic mass is 16.8. The molecule has 0 amide bonds. The molecule has 0 unspecified atom stereocenters. The fraction of sp³-hybridized carbons (Fsp3) is 0.444. The molecule has 0 aliphatic carbocycles. The highest BCUT2D eigenvalue weighted by molar-refractivity contribution is 5.17. The van der Waals surface area contributed by atoms with Crippen LogP contribution in [0.25, 0.3) is 0 Å². The number of nitrogens with two attached hydrogens (primary N) is 1. The predicted molar refractivity (Wildman–Crippen MR) is 252 cm³/mol. The monoisotopic (exact) mass is 951 g/mol. The third-order valence-corrected chi connectivity index (χ3v) is 12.6. The van der Waals surface area contributed by atoms with Gasteiger partial charge in [-0.05, 0) is 34.7 Å². The van der Waals surface area contributed by atoms with Gasteiger partial charge in [0.05, 0.1) is 58.4 Å². The predicted octanol–water partition coefficient (Wildman–Crippen LogP) is 5.20. The van der Waals surface area contributed by atoms with Gasteiger partial charge in [0.2, 0.25) is 0 Å². The van der Waals surface area contributed by atoms with Crippen molar-refractivity contribution < 1.29 is 67.4 Å². The van der Waals surface area contributed by atoms with Crippen LogP contribution in [-0.2, 0) is 85.1 Å². The summed E-state index contributed by atoms with van der Waals surface area (Å²) in [5.74, 6) is 0. The summed E-state index contributed by atoms with van der Waals surface area (Å²) in [5, 5.41) is 31.9. The number of hydrogen-bond acceptors (Lipinski definition) is 15. The lowest BCUT2D eigenvalue weighted by atomic mass is 9.95. The number of benzene rings is 5. The molecule has 0 aromatic heterocycles. The summed E-state index contributed by atoms with van der Waals surface area (Å²) >= 11 is 0. The Hall–Kier alpha value is -4.50. The zero-order chi connectivity index (χ0) is 48.0. The highest BCUT2D eigenvalue weighted by Crippen LogP contribution is 2.37. The van der Waals surface area contributed by atoms with Crippen LogP contribution in [0.3, 0.4) is 0 Å². The lowest BCUT2D eigenvalue weighted by Gasteiger charge is -2.51. The number of methoxy groups -OCH3 is 1. The van der Waals surface area contributed by atoms with Crippen LogP contribution in [0.1, 0.15) is 34.7 Å². The van der Waals surface area contributed by atoms with Gasteiger partial charge in [-0.15, -0.1) is 0 Å². The fourth-order valence-corrected chi connectivity index (χ4v) is 8.85. The lowest BCUT2D eigenvalue weighted by Crippen LogP contribution is -2.68. The minimum Gasteiger partial charge on any atom is -0.394 e. The Morgan fingerprint density at radius 3 is 1.35 bits per heavy atom. The van der Waals surface area contributed by atoms with Crippen LogP contribution < -0.4 is 5.73 Å². The first kappa shape index (κ1) is 50.9. The Morgan fingerprint density at radius 2 is 0.870 bits per heavy atom. The molecular weight excluding hydrogens is 887 g/mol. The molecule has 0 saturated carbocycles. The summed E-state index contributed by atoms with van der Waals surface area (Å²) in [7, 11) is 1.47. The van der Waals surface area contributed by atoms with Crippen molar-refractivity contribution in [1.29, 1.82) is 0 Å². The van der Waals surface area contributed by atoms with Gasteiger partial charge in [-0.1, -0.05) is 152 Å². The molecular formula is C54H65NO14. The fourth-order valence-electron chi connectivity index (χ4n) is 8.85. The molecule has 3 saturated heterocycles. The van der Waals surface area contributed by atoms with Crippen LogP contribution in [0.4, 0.5) is 0 Å². The zero-order valence-electron chi connectivity index (χ0n) is 39.0. The van der Waals surface area contributed by atoms with Crippen LogP contribution in [0.15, 0.2) is 152 Å². The van der Waals surface area contributed by atoms with Crippen molar-refractivity contribution >= 4 is 0 Å². The van der Waals surface area contributed by atoms with Crippen molar-refractivity contribution in [3.05, 3.63) is 179 Å². The number of rotatable bonds is 22. The second-order valence-electron chi connectivity index (χ2n) is 17.5. The van der Waals surface area contributed by atoms with Gasteiger partial charge in [-0.25, -0.2) is 0 Å². The first-order chi connectivity index (χ1) is 33.8. The van der Waals surface area contributed by atoms with E-state index < -0.39 is 98.7 Å². The molecule has 0 bridgehead atoms. The average Bonchev–Trinajstić information content (AvgIpc) is 3.39. The number of aliphatic hydroxyl groups is 3. The summed E-state index contributed by atoms with van der Waals surface area (Å²) in [4.78, 5) is 0. The Balaban J connectivity index is 1.19. The van der Waals surface area contributed by atoms with Gasteiger partial charge < -0.3 is 73.2 Å². The van der Waals surface area contributed by atoms with Crippen LogP contribution in [0.5, 0.6) is 0 Å². The maximum Gasteiger partial charge on any atom is 0.187 e. The number of aliphatic hydroxyl groups excluding tert-OH is 3. The van der Waals surface area contributed by atoms with Gasteiger partial charge in [0.25, 0.3) is 0 Å². The second-order valence-corrected chi connectivity index (χ2v) is 17.5. The maximum atomic E-state index is 11.0. The third kappa shape index (κ3) is 13.5. The number of hydrogen-bond donors (Lipinski definition) is 4. The minimum atomic E-state index is -1.50. The molecule has 3 heterocycles. The molecule has 0 radical (unpaired) electrons. The molecule has 5 N–H and O–H groups in total. The molecule has 5 aromatic carbocycles. The van der Waals surface area contributed by atoms with Crippen molar-refractivity contribution in [3.8, 4) is 0 Å². The van der Waals surface area contributed by atoms with Crippen molar-refractivity contribution in [3.63, 3.8) is 0 Å². The summed E-state index contributed by atoms with van der Waals surface area (Å²) in [6.45, 7) is 2.40. The Labute approximate surface area is 403 Å². The molecule has 15 heteroatoms. The second kappa shape index (κ2) is 25.6. The summed E-state index contributed by atoms with van der Waals surface area (Å²) < 4.78 is 73.5. The SMILES string of the molecule is CO[C@@H]1O[C@@H](C)[C@H](OCc2ccccc2)[C@@H](O[C@H]2O[C@H](COCc3ccccc3)[C@@H](OCc3ccccc3)[C@H](OCc3ccccc3)[C@H]2OCc2ccccc2)[C@H]1O[C@@H]1O[C@H](CO)[C@@H](O)[C@H](O)[C@H]1N. The van der Waals surface area contributed by atoms with Crippen molar-refractivity contribution in [2.24, 2.45) is 5.73 Å². The minimum absolute atomic E-state index is 0.0804. The first-order valence-electron chi connectivity index (χ1n) is 23.6. The smallest absolute Gasteiger partial charge is 0.187 e. The Kier molecular flexibility index (Phi) is 18.8. The molecule has 0 spiro atoms. The molecule has 3 fully saturated rings. The van der Waals surface area contributed by atoms with Crippen LogP contribution in [-0.4, -0.2) is 128 Å². The van der Waals surface area contributed by atoms with Crippen molar-refractivity contribution in [2.45, 2.75) is 132 Å². The van der Waals surface area contributed by atoms with Gasteiger partial charge >= 0.3 is 0 Å². The van der Waals surface area contributed by atoms with E-state index in [0.717, 1.165) is 27.8 Å². The zero-order valence-corrected chi connectivity index (χ0v) is 39.0. The van der Waals surface area contributed by atoms with E-state index in [2.05, 4.69) is 0 Å². The van der Waals surface area contributed by atoms with E-state index in [1.807, 2.05) is 159 Å². The molecule has 3 aliphatic heterocycles. The van der Waals surface area contributed by atoms with E-state index >= 15 is 0 Å². The van der Waals surface area contributed by atoms with Gasteiger partial charge in [-0.2, -0.15) is 0 Å². The summed E-state index contributed by atoms with van der Waals surface area (Å²) in [5.41, 5.74) is 11.2. The van der Waals surface area contributed by atoms with E-state index in [1.54, 1.807) is 0 Å². The van der Waals surface area contributed by atoms with Gasteiger partial charge in [0, 0.05) is 7.11 Å². The van der Waals surface area contributed by atoms with Gasteiger partial charge in [0.15, 0.2) is 18.9 Å². The van der Waals surface area contributed by atoms with Gasteiger partial charge in [-0.3, -0.25) is 0 Å².